The second-order valence-electron chi connectivity index (χ2n) is 4.97. The number of hydrogen-bond donors (Lipinski definition) is 1. The van der Waals surface area contributed by atoms with E-state index in [-0.39, 0.29) is 5.91 Å². The maximum atomic E-state index is 12.4. The number of amides is 1. The van der Waals surface area contributed by atoms with E-state index in [2.05, 4.69) is 6.92 Å². The molecule has 0 radical (unpaired) electrons. The number of aromatic nitrogens is 1. The lowest BCUT2D eigenvalue weighted by molar-refractivity contribution is 0.0688. The van der Waals surface area contributed by atoms with E-state index in [4.69, 9.17) is 5.73 Å². The Hall–Kier alpha value is -1.45. The molecule has 0 bridgehead atoms. The highest BCUT2D eigenvalue weighted by Gasteiger charge is 2.24. The summed E-state index contributed by atoms with van der Waals surface area (Å²) < 4.78 is 1.81. The number of nitrogens with two attached hydrogens (primary N) is 1. The van der Waals surface area contributed by atoms with Gasteiger partial charge in [-0.25, -0.2) is 0 Å². The monoisotopic (exact) mass is 235 g/mol. The lowest BCUT2D eigenvalue weighted by Crippen LogP contribution is -2.39. The van der Waals surface area contributed by atoms with E-state index < -0.39 is 0 Å². The maximum absolute atomic E-state index is 12.4. The van der Waals surface area contributed by atoms with Crippen LogP contribution in [0.2, 0.25) is 0 Å². The number of likely N-dealkylation sites (tertiary alicyclic amines) is 1. The van der Waals surface area contributed by atoms with Crippen molar-refractivity contribution < 1.29 is 4.79 Å². The highest BCUT2D eigenvalue weighted by atomic mass is 16.2. The Morgan fingerprint density at radius 2 is 2.18 bits per heavy atom. The summed E-state index contributed by atoms with van der Waals surface area (Å²) in [6, 6.07) is 2.10. The van der Waals surface area contributed by atoms with Gasteiger partial charge in [0.05, 0.1) is 5.69 Å². The normalized spacial score (nSPS) is 21.3. The van der Waals surface area contributed by atoms with Crippen molar-refractivity contribution in [3.8, 4) is 0 Å². The zero-order valence-corrected chi connectivity index (χ0v) is 10.6. The standard InChI is InChI=1S/C13H21N3O/c1-10-6-4-3-5-7-16(10)13(17)12-8-11(14)9-15(12)2/h8-10H,3-7,14H2,1-2H3. The summed E-state index contributed by atoms with van der Waals surface area (Å²) in [5.74, 6) is 0.110. The predicted octanol–water partition coefficient (Wildman–Crippen LogP) is 2.01. The van der Waals surface area contributed by atoms with Gasteiger partial charge in [0.2, 0.25) is 0 Å². The molecule has 1 amide bonds. The lowest BCUT2D eigenvalue weighted by atomic mass is 10.1. The third-order valence-electron chi connectivity index (χ3n) is 3.56. The third kappa shape index (κ3) is 2.46. The number of hydrogen-bond acceptors (Lipinski definition) is 2. The molecule has 2 N–H and O–H groups in total. The number of nitrogens with zero attached hydrogens (tertiary/aromatic N) is 2. The molecule has 0 aliphatic carbocycles. The van der Waals surface area contributed by atoms with E-state index in [0.717, 1.165) is 19.4 Å². The van der Waals surface area contributed by atoms with Crippen molar-refractivity contribution in [2.24, 2.45) is 7.05 Å². The van der Waals surface area contributed by atoms with Crippen molar-refractivity contribution >= 4 is 11.6 Å². The number of carbonyl (C=O) groups excluding carboxylic acids is 1. The number of aryl methyl sites for hydroxylation is 1. The van der Waals surface area contributed by atoms with Crippen LogP contribution in [0.5, 0.6) is 0 Å². The molecule has 1 unspecified atom stereocenters. The fourth-order valence-corrected chi connectivity index (χ4v) is 2.53. The molecule has 94 valence electrons. The van der Waals surface area contributed by atoms with Crippen LogP contribution in [0.4, 0.5) is 5.69 Å². The van der Waals surface area contributed by atoms with Gasteiger partial charge in [-0.3, -0.25) is 4.79 Å². The molecule has 1 aromatic heterocycles. The molecular weight excluding hydrogens is 214 g/mol. The molecule has 4 heteroatoms. The molecule has 0 aromatic carbocycles. The van der Waals surface area contributed by atoms with Gasteiger partial charge < -0.3 is 15.2 Å². The Balaban J connectivity index is 2.20. The molecule has 17 heavy (non-hydrogen) atoms. The molecule has 2 rings (SSSR count). The molecule has 0 saturated carbocycles. The van der Waals surface area contributed by atoms with E-state index in [1.54, 1.807) is 12.3 Å². The summed E-state index contributed by atoms with van der Waals surface area (Å²) in [7, 11) is 1.87. The summed E-state index contributed by atoms with van der Waals surface area (Å²) in [6.07, 6.45) is 6.45. The molecule has 0 spiro atoms. The minimum atomic E-state index is 0.110. The summed E-state index contributed by atoms with van der Waals surface area (Å²) >= 11 is 0. The summed E-state index contributed by atoms with van der Waals surface area (Å²) in [5, 5.41) is 0. The molecular formula is C13H21N3O. The van der Waals surface area contributed by atoms with Gasteiger partial charge in [-0.05, 0) is 25.8 Å². The zero-order chi connectivity index (χ0) is 12.4. The Kier molecular flexibility index (Phi) is 3.41. The highest BCUT2D eigenvalue weighted by molar-refractivity contribution is 5.94. The second kappa shape index (κ2) is 4.82. The smallest absolute Gasteiger partial charge is 0.270 e. The number of carbonyl (C=O) groups is 1. The maximum Gasteiger partial charge on any atom is 0.270 e. The first-order valence-electron chi connectivity index (χ1n) is 6.32. The number of nitrogen functional groups attached to an aromatic ring is 1. The lowest BCUT2D eigenvalue weighted by Gasteiger charge is -2.27. The van der Waals surface area contributed by atoms with E-state index in [1.807, 2.05) is 16.5 Å². The minimum absolute atomic E-state index is 0.110. The average molecular weight is 235 g/mol. The largest absolute Gasteiger partial charge is 0.397 e. The van der Waals surface area contributed by atoms with Gasteiger partial charge in [0, 0.05) is 25.8 Å². The zero-order valence-electron chi connectivity index (χ0n) is 10.6. The first-order valence-corrected chi connectivity index (χ1v) is 6.32. The summed E-state index contributed by atoms with van der Waals surface area (Å²) in [4.78, 5) is 14.4. The fraction of sp³-hybridized carbons (Fsp3) is 0.615. The van der Waals surface area contributed by atoms with E-state index >= 15 is 0 Å². The van der Waals surface area contributed by atoms with Crippen LogP contribution in [0.15, 0.2) is 12.3 Å². The minimum Gasteiger partial charge on any atom is -0.397 e. The SMILES string of the molecule is CC1CCCCCN1C(=O)c1cc(N)cn1C. The van der Waals surface area contributed by atoms with Crippen LogP contribution in [-0.2, 0) is 7.05 Å². The average Bonchev–Trinajstić information content (AvgIpc) is 2.49. The van der Waals surface area contributed by atoms with Crippen molar-refractivity contribution in [2.75, 3.05) is 12.3 Å². The van der Waals surface area contributed by atoms with Crippen LogP contribution >= 0.6 is 0 Å². The van der Waals surface area contributed by atoms with Crippen molar-refractivity contribution in [1.29, 1.82) is 0 Å². The van der Waals surface area contributed by atoms with Crippen LogP contribution < -0.4 is 5.73 Å². The Morgan fingerprint density at radius 3 is 2.82 bits per heavy atom. The molecule has 1 fully saturated rings. The third-order valence-corrected chi connectivity index (χ3v) is 3.56. The van der Waals surface area contributed by atoms with Crippen LogP contribution in [0.25, 0.3) is 0 Å². The van der Waals surface area contributed by atoms with Gasteiger partial charge >= 0.3 is 0 Å². The van der Waals surface area contributed by atoms with Crippen LogP contribution in [0.1, 0.15) is 43.1 Å². The number of anilines is 1. The van der Waals surface area contributed by atoms with Crippen molar-refractivity contribution in [3.05, 3.63) is 18.0 Å². The molecule has 1 aliphatic rings. The van der Waals surface area contributed by atoms with Crippen LogP contribution in [0.3, 0.4) is 0 Å². The molecule has 4 nitrogen and oxygen atoms in total. The van der Waals surface area contributed by atoms with E-state index in [1.165, 1.54) is 12.8 Å². The van der Waals surface area contributed by atoms with Gasteiger partial charge in [-0.2, -0.15) is 0 Å². The molecule has 1 aliphatic heterocycles. The molecule has 1 atom stereocenters. The second-order valence-corrected chi connectivity index (χ2v) is 4.97. The number of rotatable bonds is 1. The molecule has 1 saturated heterocycles. The van der Waals surface area contributed by atoms with Gasteiger partial charge in [0.25, 0.3) is 5.91 Å². The first-order chi connectivity index (χ1) is 8.09. The van der Waals surface area contributed by atoms with Gasteiger partial charge in [0.15, 0.2) is 0 Å². The van der Waals surface area contributed by atoms with E-state index in [9.17, 15) is 4.79 Å². The van der Waals surface area contributed by atoms with Crippen molar-refractivity contribution in [1.82, 2.24) is 9.47 Å². The van der Waals surface area contributed by atoms with Crippen LogP contribution in [-0.4, -0.2) is 28.0 Å². The topological polar surface area (TPSA) is 51.3 Å². The molecule has 1 aromatic rings. The van der Waals surface area contributed by atoms with Gasteiger partial charge in [0.1, 0.15) is 5.69 Å². The Bertz CT molecular complexity index is 411. The van der Waals surface area contributed by atoms with E-state index in [0.29, 0.717) is 17.4 Å². The molecule has 2 heterocycles. The van der Waals surface area contributed by atoms with Crippen molar-refractivity contribution in [3.63, 3.8) is 0 Å². The predicted molar refractivity (Wildman–Crippen MR) is 68.8 cm³/mol. The Labute approximate surface area is 102 Å². The summed E-state index contributed by atoms with van der Waals surface area (Å²) in [6.45, 7) is 3.00. The summed E-state index contributed by atoms with van der Waals surface area (Å²) in [5.41, 5.74) is 7.06. The van der Waals surface area contributed by atoms with Gasteiger partial charge in [-0.15, -0.1) is 0 Å². The highest BCUT2D eigenvalue weighted by Crippen LogP contribution is 2.20. The Morgan fingerprint density at radius 1 is 1.41 bits per heavy atom. The van der Waals surface area contributed by atoms with Crippen LogP contribution in [0, 0.1) is 0 Å². The van der Waals surface area contributed by atoms with Gasteiger partial charge in [-0.1, -0.05) is 12.8 Å². The fourth-order valence-electron chi connectivity index (χ4n) is 2.53. The quantitative estimate of drug-likeness (QED) is 0.809. The van der Waals surface area contributed by atoms with Crippen molar-refractivity contribution in [2.45, 2.75) is 38.6 Å². The first kappa shape index (κ1) is 12.0.